The zero-order valence-corrected chi connectivity index (χ0v) is 16.9. The molecule has 7 heteroatoms. The highest BCUT2D eigenvalue weighted by molar-refractivity contribution is 6.07. The Morgan fingerprint density at radius 2 is 1.71 bits per heavy atom. The average Bonchev–Trinajstić information content (AvgIpc) is 2.74. The molecule has 0 aliphatic carbocycles. The molecule has 2 N–H and O–H groups in total. The quantitative estimate of drug-likeness (QED) is 0.775. The number of carbonyl (C=O) groups excluding carboxylic acids is 2. The van der Waals surface area contributed by atoms with Crippen molar-refractivity contribution in [2.24, 2.45) is 0 Å². The molecule has 0 spiro atoms. The molecule has 1 aliphatic heterocycles. The summed E-state index contributed by atoms with van der Waals surface area (Å²) in [5.41, 5.74) is 1.81. The maximum absolute atomic E-state index is 12.7. The van der Waals surface area contributed by atoms with E-state index in [1.807, 2.05) is 30.3 Å². The predicted molar refractivity (Wildman–Crippen MR) is 115 cm³/mol. The fourth-order valence-corrected chi connectivity index (χ4v) is 3.12. The van der Waals surface area contributed by atoms with Gasteiger partial charge in [0.25, 0.3) is 11.8 Å². The topological polar surface area (TPSA) is 64.7 Å². The van der Waals surface area contributed by atoms with Crippen molar-refractivity contribution in [3.05, 3.63) is 65.7 Å². The number of rotatable bonds is 6. The Morgan fingerprint density at radius 1 is 1.04 bits per heavy atom. The second-order valence-electron chi connectivity index (χ2n) is 6.63. The fraction of sp³-hybridized carbons (Fsp3) is 0.333. The number of anilines is 1. The lowest BCUT2D eigenvalue weighted by atomic mass is 10.1. The number of carbonyl (C=O) groups is 2. The van der Waals surface area contributed by atoms with Crippen LogP contribution in [0.15, 0.2) is 54.6 Å². The van der Waals surface area contributed by atoms with Crippen molar-refractivity contribution in [3.8, 4) is 0 Å². The molecule has 1 heterocycles. The minimum absolute atomic E-state index is 0. The number of hydrogen-bond donors (Lipinski definition) is 2. The number of nitrogens with zero attached hydrogens (tertiary/aromatic N) is 2. The third-order valence-electron chi connectivity index (χ3n) is 4.74. The standard InChI is InChI=1S/C21H26N4O2.ClH/c1-24(19-8-3-2-4-9-19)21(27)18-7-5-6-17(16-18)20(26)23-12-15-25-13-10-22-11-14-25;/h2-9,16,22H,10-15H2,1H3,(H,23,26);1H. The van der Waals surface area contributed by atoms with E-state index in [0.717, 1.165) is 38.4 Å². The highest BCUT2D eigenvalue weighted by Gasteiger charge is 2.16. The molecule has 1 fully saturated rings. The number of para-hydroxylation sites is 1. The molecule has 1 saturated heterocycles. The first-order valence-electron chi connectivity index (χ1n) is 9.29. The predicted octanol–water partition coefficient (Wildman–Crippen LogP) is 2.02. The van der Waals surface area contributed by atoms with E-state index in [1.54, 1.807) is 36.2 Å². The van der Waals surface area contributed by atoms with Crippen LogP contribution in [0.25, 0.3) is 0 Å². The number of piperazine rings is 1. The van der Waals surface area contributed by atoms with E-state index in [2.05, 4.69) is 15.5 Å². The zero-order valence-electron chi connectivity index (χ0n) is 16.1. The van der Waals surface area contributed by atoms with Crippen LogP contribution in [0.5, 0.6) is 0 Å². The molecular formula is C21H27ClN4O2. The van der Waals surface area contributed by atoms with Gasteiger partial charge in [-0.15, -0.1) is 12.4 Å². The Bertz CT molecular complexity index is 779. The molecule has 6 nitrogen and oxygen atoms in total. The van der Waals surface area contributed by atoms with Crippen molar-refractivity contribution in [1.82, 2.24) is 15.5 Å². The van der Waals surface area contributed by atoms with E-state index in [1.165, 1.54) is 0 Å². The minimum atomic E-state index is -0.151. The number of halogens is 1. The Morgan fingerprint density at radius 3 is 2.43 bits per heavy atom. The second kappa shape index (κ2) is 10.8. The van der Waals surface area contributed by atoms with Gasteiger partial charge in [-0.2, -0.15) is 0 Å². The summed E-state index contributed by atoms with van der Waals surface area (Å²) in [5.74, 6) is -0.293. The molecule has 3 rings (SSSR count). The molecule has 150 valence electrons. The van der Waals surface area contributed by atoms with E-state index in [4.69, 9.17) is 0 Å². The summed E-state index contributed by atoms with van der Waals surface area (Å²) in [7, 11) is 1.73. The summed E-state index contributed by atoms with van der Waals surface area (Å²) < 4.78 is 0. The monoisotopic (exact) mass is 402 g/mol. The Hall–Kier alpha value is -2.41. The van der Waals surface area contributed by atoms with Crippen LogP contribution in [0.3, 0.4) is 0 Å². The van der Waals surface area contributed by atoms with E-state index >= 15 is 0 Å². The molecule has 28 heavy (non-hydrogen) atoms. The van der Waals surface area contributed by atoms with Crippen molar-refractivity contribution >= 4 is 29.9 Å². The molecule has 0 radical (unpaired) electrons. The van der Waals surface area contributed by atoms with Gasteiger partial charge in [-0.05, 0) is 30.3 Å². The van der Waals surface area contributed by atoms with Crippen LogP contribution in [0.1, 0.15) is 20.7 Å². The number of hydrogen-bond acceptors (Lipinski definition) is 4. The highest BCUT2D eigenvalue weighted by Crippen LogP contribution is 2.15. The Kier molecular flexibility index (Phi) is 8.44. The first kappa shape index (κ1) is 21.9. The third-order valence-corrected chi connectivity index (χ3v) is 4.74. The summed E-state index contributed by atoms with van der Waals surface area (Å²) in [5, 5.41) is 6.26. The summed E-state index contributed by atoms with van der Waals surface area (Å²) >= 11 is 0. The van der Waals surface area contributed by atoms with Crippen LogP contribution in [0.4, 0.5) is 5.69 Å². The summed E-state index contributed by atoms with van der Waals surface area (Å²) in [4.78, 5) is 29.1. The van der Waals surface area contributed by atoms with Gasteiger partial charge in [0.1, 0.15) is 0 Å². The molecule has 0 bridgehead atoms. The van der Waals surface area contributed by atoms with E-state index in [0.29, 0.717) is 17.7 Å². The van der Waals surface area contributed by atoms with Crippen LogP contribution < -0.4 is 15.5 Å². The van der Waals surface area contributed by atoms with Gasteiger partial charge in [-0.1, -0.05) is 24.3 Å². The maximum Gasteiger partial charge on any atom is 0.258 e. The lowest BCUT2D eigenvalue weighted by Crippen LogP contribution is -2.46. The van der Waals surface area contributed by atoms with Gasteiger partial charge in [0, 0.05) is 63.1 Å². The van der Waals surface area contributed by atoms with Gasteiger partial charge in [0.05, 0.1) is 0 Å². The lowest BCUT2D eigenvalue weighted by molar-refractivity contribution is 0.0947. The highest BCUT2D eigenvalue weighted by atomic mass is 35.5. The van der Waals surface area contributed by atoms with Gasteiger partial charge >= 0.3 is 0 Å². The summed E-state index contributed by atoms with van der Waals surface area (Å²) in [6.07, 6.45) is 0. The Labute approximate surface area is 172 Å². The van der Waals surface area contributed by atoms with E-state index < -0.39 is 0 Å². The van der Waals surface area contributed by atoms with Gasteiger partial charge in [-0.25, -0.2) is 0 Å². The normalized spacial score (nSPS) is 14.0. The van der Waals surface area contributed by atoms with Crippen molar-refractivity contribution in [1.29, 1.82) is 0 Å². The van der Waals surface area contributed by atoms with Crippen molar-refractivity contribution in [2.45, 2.75) is 0 Å². The summed E-state index contributed by atoms with van der Waals surface area (Å²) in [6.45, 7) is 5.43. The van der Waals surface area contributed by atoms with Gasteiger partial charge in [0.2, 0.25) is 0 Å². The van der Waals surface area contributed by atoms with Gasteiger partial charge in [-0.3, -0.25) is 14.5 Å². The Balaban J connectivity index is 0.00000280. The molecule has 0 aromatic heterocycles. The van der Waals surface area contributed by atoms with Crippen LogP contribution in [0, 0.1) is 0 Å². The van der Waals surface area contributed by atoms with Crippen LogP contribution >= 0.6 is 12.4 Å². The largest absolute Gasteiger partial charge is 0.351 e. The minimum Gasteiger partial charge on any atom is -0.351 e. The fourth-order valence-electron chi connectivity index (χ4n) is 3.12. The van der Waals surface area contributed by atoms with Gasteiger partial charge in [0.15, 0.2) is 0 Å². The van der Waals surface area contributed by atoms with E-state index in [9.17, 15) is 9.59 Å². The first-order chi connectivity index (χ1) is 13.1. The van der Waals surface area contributed by atoms with Crippen molar-refractivity contribution in [2.75, 3.05) is 51.2 Å². The van der Waals surface area contributed by atoms with Crippen LogP contribution in [-0.4, -0.2) is 63.0 Å². The average molecular weight is 403 g/mol. The molecular weight excluding hydrogens is 376 g/mol. The molecule has 0 saturated carbocycles. The van der Waals surface area contributed by atoms with E-state index in [-0.39, 0.29) is 24.2 Å². The van der Waals surface area contributed by atoms with Crippen molar-refractivity contribution < 1.29 is 9.59 Å². The number of nitrogens with one attached hydrogen (secondary N) is 2. The van der Waals surface area contributed by atoms with Crippen molar-refractivity contribution in [3.63, 3.8) is 0 Å². The SMILES string of the molecule is CN(C(=O)c1cccc(C(=O)NCCN2CCNCC2)c1)c1ccccc1.Cl. The van der Waals surface area contributed by atoms with Crippen LogP contribution in [0.2, 0.25) is 0 Å². The molecule has 2 amide bonds. The number of benzene rings is 2. The third kappa shape index (κ3) is 5.79. The number of amides is 2. The molecule has 0 atom stereocenters. The zero-order chi connectivity index (χ0) is 19.1. The molecule has 1 aliphatic rings. The van der Waals surface area contributed by atoms with Crippen LogP contribution in [-0.2, 0) is 0 Å². The second-order valence-corrected chi connectivity index (χ2v) is 6.63. The smallest absolute Gasteiger partial charge is 0.258 e. The molecule has 2 aromatic rings. The summed E-state index contributed by atoms with van der Waals surface area (Å²) in [6, 6.07) is 16.3. The van der Waals surface area contributed by atoms with Gasteiger partial charge < -0.3 is 15.5 Å². The molecule has 2 aromatic carbocycles. The lowest BCUT2D eigenvalue weighted by Gasteiger charge is -2.27. The first-order valence-corrected chi connectivity index (χ1v) is 9.29. The molecule has 0 unspecified atom stereocenters. The maximum atomic E-state index is 12.7.